The van der Waals surface area contributed by atoms with Crippen molar-refractivity contribution in [1.29, 1.82) is 0 Å². The van der Waals surface area contributed by atoms with E-state index in [4.69, 9.17) is 0 Å². The van der Waals surface area contributed by atoms with Crippen molar-refractivity contribution in [2.75, 3.05) is 12.8 Å². The number of likely N-dealkylation sites (tertiary alicyclic amines) is 1. The van der Waals surface area contributed by atoms with E-state index in [-0.39, 0.29) is 6.04 Å². The first-order valence-electron chi connectivity index (χ1n) is 8.37. The van der Waals surface area contributed by atoms with Crippen LogP contribution in [0.2, 0.25) is 0 Å². The van der Waals surface area contributed by atoms with E-state index in [0.717, 1.165) is 38.0 Å². The summed E-state index contributed by atoms with van der Waals surface area (Å²) in [5.74, 6) is 0. The molecule has 8 heteroatoms. The zero-order chi connectivity index (χ0) is 17.3. The molecule has 3 rings (SSSR count). The molecule has 1 aliphatic rings. The first kappa shape index (κ1) is 17.2. The summed E-state index contributed by atoms with van der Waals surface area (Å²) >= 11 is 0. The van der Waals surface area contributed by atoms with Gasteiger partial charge in [0.2, 0.25) is 0 Å². The van der Waals surface area contributed by atoms with Crippen LogP contribution in [0.3, 0.4) is 0 Å². The molecule has 2 aromatic heterocycles. The Morgan fingerprint density at radius 1 is 1.38 bits per heavy atom. The number of nitrogens with one attached hydrogen (secondary N) is 1. The second kappa shape index (κ2) is 6.68. The molecule has 1 saturated heterocycles. The van der Waals surface area contributed by atoms with Crippen molar-refractivity contribution < 1.29 is 8.42 Å². The molecule has 3 heterocycles. The predicted molar refractivity (Wildman–Crippen MR) is 91.3 cm³/mol. The molecule has 0 spiro atoms. The molecule has 0 unspecified atom stereocenters. The molecule has 132 valence electrons. The van der Waals surface area contributed by atoms with E-state index in [2.05, 4.69) is 34.0 Å². The monoisotopic (exact) mass is 351 g/mol. The van der Waals surface area contributed by atoms with Crippen LogP contribution >= 0.6 is 0 Å². The summed E-state index contributed by atoms with van der Waals surface area (Å²) in [4.78, 5) is 2.65. The second-order valence-electron chi connectivity index (χ2n) is 6.76. The summed E-state index contributed by atoms with van der Waals surface area (Å²) in [5.41, 5.74) is 1.87. The van der Waals surface area contributed by atoms with E-state index < -0.39 is 9.84 Å². The highest BCUT2D eigenvalue weighted by molar-refractivity contribution is 7.90. The fourth-order valence-corrected chi connectivity index (χ4v) is 4.29. The summed E-state index contributed by atoms with van der Waals surface area (Å²) in [6.45, 7) is 5.92. The molecule has 1 atom stereocenters. The van der Waals surface area contributed by atoms with Gasteiger partial charge >= 0.3 is 0 Å². The molecule has 1 fully saturated rings. The molecule has 0 radical (unpaired) electrons. The average Bonchev–Trinajstić information content (AvgIpc) is 3.15. The van der Waals surface area contributed by atoms with Crippen LogP contribution in [0.25, 0.3) is 0 Å². The minimum absolute atomic E-state index is 0.0430. The Kier molecular flexibility index (Phi) is 4.78. The van der Waals surface area contributed by atoms with Crippen LogP contribution in [0.15, 0.2) is 23.4 Å². The number of aromatic amines is 1. The van der Waals surface area contributed by atoms with Gasteiger partial charge in [-0.25, -0.2) is 8.42 Å². The molecule has 2 aromatic rings. The van der Waals surface area contributed by atoms with Gasteiger partial charge in [0.1, 0.15) is 4.90 Å². The Morgan fingerprint density at radius 3 is 2.88 bits per heavy atom. The van der Waals surface area contributed by atoms with Crippen molar-refractivity contribution in [3.8, 4) is 0 Å². The molecular formula is C16H25N5O2S. The largest absolute Gasteiger partial charge is 0.289 e. The molecule has 1 aliphatic heterocycles. The van der Waals surface area contributed by atoms with Crippen LogP contribution in [-0.2, 0) is 16.4 Å². The summed E-state index contributed by atoms with van der Waals surface area (Å²) < 4.78 is 26.1. The molecule has 1 N–H and O–H groups in total. The second-order valence-corrected chi connectivity index (χ2v) is 8.75. The van der Waals surface area contributed by atoms with Gasteiger partial charge in [0.15, 0.2) is 9.84 Å². The van der Waals surface area contributed by atoms with Crippen molar-refractivity contribution in [3.63, 3.8) is 0 Å². The van der Waals surface area contributed by atoms with Crippen molar-refractivity contribution in [2.24, 2.45) is 0 Å². The van der Waals surface area contributed by atoms with E-state index >= 15 is 0 Å². The van der Waals surface area contributed by atoms with E-state index in [9.17, 15) is 8.42 Å². The number of H-pyrrole nitrogens is 1. The molecule has 0 bridgehead atoms. The molecule has 0 aliphatic carbocycles. The summed E-state index contributed by atoms with van der Waals surface area (Å²) in [6, 6.07) is 2.38. The summed E-state index contributed by atoms with van der Waals surface area (Å²) in [7, 11) is -3.28. The highest BCUT2D eigenvalue weighted by Crippen LogP contribution is 2.34. The highest BCUT2D eigenvalue weighted by atomic mass is 32.2. The van der Waals surface area contributed by atoms with Crippen LogP contribution in [0.4, 0.5) is 0 Å². The minimum atomic E-state index is -3.28. The van der Waals surface area contributed by atoms with Crippen molar-refractivity contribution in [2.45, 2.75) is 56.6 Å². The highest BCUT2D eigenvalue weighted by Gasteiger charge is 2.30. The molecule has 0 amide bonds. The van der Waals surface area contributed by atoms with Crippen LogP contribution in [0.1, 0.15) is 56.6 Å². The van der Waals surface area contributed by atoms with Crippen LogP contribution in [-0.4, -0.2) is 46.1 Å². The average molecular weight is 351 g/mol. The van der Waals surface area contributed by atoms with Crippen molar-refractivity contribution in [3.05, 3.63) is 29.8 Å². The van der Waals surface area contributed by atoms with Gasteiger partial charge in [-0.2, -0.15) is 10.2 Å². The molecular weight excluding hydrogens is 326 g/mol. The summed E-state index contributed by atoms with van der Waals surface area (Å²) in [6.07, 6.45) is 7.63. The third-order valence-corrected chi connectivity index (χ3v) is 5.71. The smallest absolute Gasteiger partial charge is 0.178 e. The van der Waals surface area contributed by atoms with Crippen LogP contribution in [0, 0.1) is 0 Å². The first-order valence-corrected chi connectivity index (χ1v) is 10.3. The lowest BCUT2D eigenvalue weighted by Crippen LogP contribution is -2.34. The van der Waals surface area contributed by atoms with Gasteiger partial charge < -0.3 is 0 Å². The van der Waals surface area contributed by atoms with E-state index in [1.165, 1.54) is 12.5 Å². The number of aromatic nitrogens is 4. The fourth-order valence-electron chi connectivity index (χ4n) is 3.47. The lowest BCUT2D eigenvalue weighted by atomic mass is 9.99. The summed E-state index contributed by atoms with van der Waals surface area (Å²) in [5, 5.41) is 11.3. The first-order chi connectivity index (χ1) is 11.4. The molecule has 0 aromatic carbocycles. The number of hydrogen-bond acceptors (Lipinski definition) is 5. The van der Waals surface area contributed by atoms with E-state index in [1.807, 2.05) is 16.9 Å². The quantitative estimate of drug-likeness (QED) is 0.894. The van der Waals surface area contributed by atoms with Gasteiger partial charge in [-0.3, -0.25) is 14.7 Å². The molecule has 0 saturated carbocycles. The number of piperidine rings is 1. The topological polar surface area (TPSA) is 83.9 Å². The van der Waals surface area contributed by atoms with Crippen molar-refractivity contribution >= 4 is 9.84 Å². The van der Waals surface area contributed by atoms with E-state index in [1.54, 1.807) is 0 Å². The number of hydrogen-bond donors (Lipinski definition) is 1. The number of rotatable bonds is 5. The normalized spacial score (nSPS) is 19.9. The lowest BCUT2D eigenvalue weighted by molar-refractivity contribution is 0.130. The standard InChI is InChI=1S/C16H25N5O2S/c1-12(2)21-13(7-8-18-21)11-20-9-5-4-6-14(20)16-15(10-17-19-16)24(3,22)23/h7-8,10,12,14H,4-6,9,11H2,1-3H3,(H,17,19)/t14-/m0/s1. The van der Waals surface area contributed by atoms with Crippen LogP contribution < -0.4 is 0 Å². The fraction of sp³-hybridized carbons (Fsp3) is 0.625. The maximum atomic E-state index is 12.0. The Labute approximate surface area is 143 Å². The van der Waals surface area contributed by atoms with Gasteiger partial charge in [-0.15, -0.1) is 0 Å². The van der Waals surface area contributed by atoms with Gasteiger partial charge in [0.25, 0.3) is 0 Å². The Balaban J connectivity index is 1.90. The molecule has 7 nitrogen and oxygen atoms in total. The van der Waals surface area contributed by atoms with Gasteiger partial charge in [-0.05, 0) is 39.3 Å². The lowest BCUT2D eigenvalue weighted by Gasteiger charge is -2.35. The van der Waals surface area contributed by atoms with E-state index in [0.29, 0.717) is 16.6 Å². The Morgan fingerprint density at radius 2 is 2.17 bits per heavy atom. The SMILES string of the molecule is CC(C)n1nccc1CN1CCCC[C@H]1c1[nH]ncc1S(C)(=O)=O. The predicted octanol–water partition coefficient (Wildman–Crippen LogP) is 2.32. The third kappa shape index (κ3) is 3.39. The maximum Gasteiger partial charge on any atom is 0.178 e. The Bertz CT molecular complexity index is 793. The van der Waals surface area contributed by atoms with Crippen LogP contribution in [0.5, 0.6) is 0 Å². The maximum absolute atomic E-state index is 12.0. The van der Waals surface area contributed by atoms with Gasteiger partial charge in [0, 0.05) is 25.0 Å². The van der Waals surface area contributed by atoms with Gasteiger partial charge in [0.05, 0.1) is 23.6 Å². The number of nitrogens with zero attached hydrogens (tertiary/aromatic N) is 4. The van der Waals surface area contributed by atoms with Gasteiger partial charge in [-0.1, -0.05) is 6.42 Å². The third-order valence-electron chi connectivity index (χ3n) is 4.59. The van der Waals surface area contributed by atoms with Crippen molar-refractivity contribution in [1.82, 2.24) is 24.9 Å². The Hall–Kier alpha value is -1.67. The molecule has 24 heavy (non-hydrogen) atoms. The minimum Gasteiger partial charge on any atom is -0.289 e. The zero-order valence-electron chi connectivity index (χ0n) is 14.4. The number of sulfone groups is 1. The zero-order valence-corrected chi connectivity index (χ0v) is 15.3.